The van der Waals surface area contributed by atoms with Crippen LogP contribution in [0.25, 0.3) is 0 Å². The van der Waals surface area contributed by atoms with E-state index in [0.29, 0.717) is 31.7 Å². The number of aliphatic hydroxyl groups excluding tert-OH is 1. The zero-order valence-electron chi connectivity index (χ0n) is 13.9. The molecule has 5 unspecified atom stereocenters. The van der Waals surface area contributed by atoms with Crippen molar-refractivity contribution in [2.45, 2.75) is 57.4 Å². The Morgan fingerprint density at radius 3 is 2.86 bits per heavy atom. The third-order valence-electron chi connectivity index (χ3n) is 4.92. The SMILES string of the molecule is CCOC(=O)C1CNC2CCC(OC)CC2C1NC[C@@H](C)O. The van der Waals surface area contributed by atoms with Crippen LogP contribution in [-0.2, 0) is 14.3 Å². The van der Waals surface area contributed by atoms with Gasteiger partial charge in [0.25, 0.3) is 0 Å². The molecule has 0 amide bonds. The molecule has 6 atom stereocenters. The van der Waals surface area contributed by atoms with E-state index >= 15 is 0 Å². The van der Waals surface area contributed by atoms with Crippen LogP contribution < -0.4 is 10.6 Å². The van der Waals surface area contributed by atoms with Crippen molar-refractivity contribution in [3.05, 3.63) is 0 Å². The minimum absolute atomic E-state index is 0.0258. The van der Waals surface area contributed by atoms with Crippen LogP contribution in [0.5, 0.6) is 0 Å². The molecule has 2 fully saturated rings. The van der Waals surface area contributed by atoms with Crippen LogP contribution in [0.2, 0.25) is 0 Å². The molecule has 22 heavy (non-hydrogen) atoms. The van der Waals surface area contributed by atoms with E-state index in [0.717, 1.165) is 19.3 Å². The Morgan fingerprint density at radius 1 is 1.45 bits per heavy atom. The summed E-state index contributed by atoms with van der Waals surface area (Å²) in [5.74, 6) is -0.0488. The maximum Gasteiger partial charge on any atom is 0.311 e. The third kappa shape index (κ3) is 4.19. The van der Waals surface area contributed by atoms with E-state index in [1.165, 1.54) is 0 Å². The van der Waals surface area contributed by atoms with Gasteiger partial charge in [0.15, 0.2) is 0 Å². The molecule has 0 aromatic rings. The van der Waals surface area contributed by atoms with Crippen LogP contribution in [0.1, 0.15) is 33.1 Å². The molecule has 0 aromatic heterocycles. The number of fused-ring (bicyclic) bond motifs is 1. The topological polar surface area (TPSA) is 79.8 Å². The molecule has 1 aliphatic heterocycles. The van der Waals surface area contributed by atoms with E-state index < -0.39 is 6.10 Å². The zero-order valence-corrected chi connectivity index (χ0v) is 13.9. The summed E-state index contributed by atoms with van der Waals surface area (Å²) in [5, 5.41) is 16.5. The number of rotatable bonds is 6. The minimum Gasteiger partial charge on any atom is -0.466 e. The van der Waals surface area contributed by atoms with Gasteiger partial charge in [-0.3, -0.25) is 4.79 Å². The van der Waals surface area contributed by atoms with E-state index in [1.807, 2.05) is 6.92 Å². The van der Waals surface area contributed by atoms with Crippen LogP contribution in [0, 0.1) is 11.8 Å². The largest absolute Gasteiger partial charge is 0.466 e. The van der Waals surface area contributed by atoms with Gasteiger partial charge in [0.2, 0.25) is 0 Å². The van der Waals surface area contributed by atoms with Gasteiger partial charge in [0.1, 0.15) is 0 Å². The summed E-state index contributed by atoms with van der Waals surface area (Å²) >= 11 is 0. The number of ether oxygens (including phenoxy) is 2. The smallest absolute Gasteiger partial charge is 0.311 e. The molecule has 1 aliphatic carbocycles. The first-order valence-electron chi connectivity index (χ1n) is 8.41. The van der Waals surface area contributed by atoms with E-state index in [4.69, 9.17) is 9.47 Å². The van der Waals surface area contributed by atoms with E-state index in [-0.39, 0.29) is 24.0 Å². The lowest BCUT2D eigenvalue weighted by Gasteiger charge is -2.47. The van der Waals surface area contributed by atoms with Crippen LogP contribution in [0.4, 0.5) is 0 Å². The van der Waals surface area contributed by atoms with Gasteiger partial charge in [-0.2, -0.15) is 0 Å². The van der Waals surface area contributed by atoms with Crippen LogP contribution in [-0.4, -0.2) is 62.2 Å². The Hall–Kier alpha value is -0.690. The Labute approximate surface area is 132 Å². The van der Waals surface area contributed by atoms with Crippen LogP contribution >= 0.6 is 0 Å². The monoisotopic (exact) mass is 314 g/mol. The molecule has 128 valence electrons. The molecule has 6 nitrogen and oxygen atoms in total. The van der Waals surface area contributed by atoms with Crippen molar-refractivity contribution in [3.63, 3.8) is 0 Å². The van der Waals surface area contributed by atoms with Gasteiger partial charge in [-0.15, -0.1) is 0 Å². The molecular formula is C16H30N2O4. The highest BCUT2D eigenvalue weighted by atomic mass is 16.5. The summed E-state index contributed by atoms with van der Waals surface area (Å²) in [6.07, 6.45) is 2.86. The Kier molecular flexibility index (Phi) is 6.62. The van der Waals surface area contributed by atoms with Gasteiger partial charge in [-0.05, 0) is 39.0 Å². The molecule has 6 heteroatoms. The molecular weight excluding hydrogens is 284 g/mol. The zero-order chi connectivity index (χ0) is 16.1. The number of piperidine rings is 1. The van der Waals surface area contributed by atoms with Crippen molar-refractivity contribution >= 4 is 5.97 Å². The summed E-state index contributed by atoms with van der Waals surface area (Å²) < 4.78 is 10.8. The second-order valence-electron chi connectivity index (χ2n) is 6.49. The summed E-state index contributed by atoms with van der Waals surface area (Å²) in [4.78, 5) is 12.3. The molecule has 1 saturated carbocycles. The second kappa shape index (κ2) is 8.24. The van der Waals surface area contributed by atoms with E-state index in [9.17, 15) is 9.90 Å². The number of hydrogen-bond acceptors (Lipinski definition) is 6. The van der Waals surface area contributed by atoms with Crippen LogP contribution in [0.15, 0.2) is 0 Å². The lowest BCUT2D eigenvalue weighted by molar-refractivity contribution is -0.151. The van der Waals surface area contributed by atoms with Crippen molar-refractivity contribution in [1.82, 2.24) is 10.6 Å². The highest BCUT2D eigenvalue weighted by Gasteiger charge is 2.45. The number of carbonyl (C=O) groups excluding carboxylic acids is 1. The Balaban J connectivity index is 2.11. The molecule has 2 aliphatic rings. The molecule has 1 saturated heterocycles. The van der Waals surface area contributed by atoms with Gasteiger partial charge in [-0.25, -0.2) is 0 Å². The molecule has 0 radical (unpaired) electrons. The Bertz CT molecular complexity index is 364. The highest BCUT2D eigenvalue weighted by molar-refractivity contribution is 5.74. The fourth-order valence-electron chi connectivity index (χ4n) is 3.81. The summed E-state index contributed by atoms with van der Waals surface area (Å²) in [6.45, 7) is 5.10. The fourth-order valence-corrected chi connectivity index (χ4v) is 3.81. The summed E-state index contributed by atoms with van der Waals surface area (Å²) in [5.41, 5.74) is 0. The second-order valence-corrected chi connectivity index (χ2v) is 6.49. The molecule has 1 heterocycles. The summed E-state index contributed by atoms with van der Waals surface area (Å²) in [6, 6.07) is 0.432. The fraction of sp³-hybridized carbons (Fsp3) is 0.938. The van der Waals surface area contributed by atoms with Gasteiger partial charge in [0, 0.05) is 32.3 Å². The number of hydrogen-bond donors (Lipinski definition) is 3. The van der Waals surface area contributed by atoms with Gasteiger partial charge >= 0.3 is 5.97 Å². The predicted molar refractivity (Wildman–Crippen MR) is 83.5 cm³/mol. The number of aliphatic hydroxyl groups is 1. The molecule has 2 rings (SSSR count). The average molecular weight is 314 g/mol. The van der Waals surface area contributed by atoms with Crippen molar-refractivity contribution in [3.8, 4) is 0 Å². The lowest BCUT2D eigenvalue weighted by Crippen LogP contribution is -2.63. The first kappa shape index (κ1) is 17.7. The molecule has 0 aromatic carbocycles. The summed E-state index contributed by atoms with van der Waals surface area (Å²) in [7, 11) is 1.75. The minimum atomic E-state index is -0.432. The van der Waals surface area contributed by atoms with Gasteiger partial charge < -0.3 is 25.2 Å². The van der Waals surface area contributed by atoms with Crippen molar-refractivity contribution < 1.29 is 19.4 Å². The molecule has 3 N–H and O–H groups in total. The predicted octanol–water partition coefficient (Wildman–Crippen LogP) is 0.292. The third-order valence-corrected chi connectivity index (χ3v) is 4.92. The highest BCUT2D eigenvalue weighted by Crippen LogP contribution is 2.35. The number of methoxy groups -OCH3 is 1. The maximum atomic E-state index is 12.3. The van der Waals surface area contributed by atoms with Gasteiger partial charge in [0.05, 0.1) is 24.7 Å². The lowest BCUT2D eigenvalue weighted by atomic mass is 9.71. The maximum absolute atomic E-state index is 12.3. The molecule has 0 spiro atoms. The number of esters is 1. The van der Waals surface area contributed by atoms with Crippen molar-refractivity contribution in [2.24, 2.45) is 11.8 Å². The average Bonchev–Trinajstić information content (AvgIpc) is 2.51. The van der Waals surface area contributed by atoms with E-state index in [1.54, 1.807) is 14.0 Å². The van der Waals surface area contributed by atoms with Crippen molar-refractivity contribution in [2.75, 3.05) is 26.8 Å². The molecule has 0 bridgehead atoms. The quantitative estimate of drug-likeness (QED) is 0.612. The normalized spacial score (nSPS) is 36.5. The first-order chi connectivity index (χ1) is 10.6. The van der Waals surface area contributed by atoms with Crippen LogP contribution in [0.3, 0.4) is 0 Å². The standard InChI is InChI=1S/C16H30N2O4/c1-4-22-16(20)13-9-17-14-6-5-11(21-3)7-12(14)15(13)18-8-10(2)19/h10-15,17-19H,4-9H2,1-3H3/t10-,11?,12?,13?,14?,15?/m1/s1. The van der Waals surface area contributed by atoms with Gasteiger partial charge in [-0.1, -0.05) is 0 Å². The number of carbonyl (C=O) groups is 1. The number of nitrogens with one attached hydrogen (secondary N) is 2. The van der Waals surface area contributed by atoms with E-state index in [2.05, 4.69) is 10.6 Å². The first-order valence-corrected chi connectivity index (χ1v) is 8.41. The van der Waals surface area contributed by atoms with Crippen molar-refractivity contribution in [1.29, 1.82) is 0 Å². The Morgan fingerprint density at radius 2 is 2.23 bits per heavy atom.